The summed E-state index contributed by atoms with van der Waals surface area (Å²) in [4.78, 5) is 3.70. The first-order chi connectivity index (χ1) is 7.15. The molecule has 0 atom stereocenters. The van der Waals surface area contributed by atoms with Crippen LogP contribution in [0.2, 0.25) is 0 Å². The van der Waals surface area contributed by atoms with Crippen LogP contribution in [0.4, 0.5) is 15.9 Å². The Labute approximate surface area is 86.8 Å². The molecule has 0 aliphatic carbocycles. The lowest BCUT2D eigenvalue weighted by atomic mass is 10.4. The first-order valence-electron chi connectivity index (χ1n) is 4.55. The van der Waals surface area contributed by atoms with E-state index < -0.39 is 5.95 Å². The molecule has 15 heavy (non-hydrogen) atoms. The summed E-state index contributed by atoms with van der Waals surface area (Å²) in [7, 11) is 1.83. The second-order valence-electron chi connectivity index (χ2n) is 3.27. The second kappa shape index (κ2) is 3.68. The van der Waals surface area contributed by atoms with Gasteiger partial charge in [0, 0.05) is 13.2 Å². The summed E-state index contributed by atoms with van der Waals surface area (Å²) in [6.07, 6.45) is 1.82. The summed E-state index contributed by atoms with van der Waals surface area (Å²) in [5.74, 6) is -0.0207. The molecule has 2 rings (SSSR count). The first-order valence-corrected chi connectivity index (χ1v) is 4.55. The van der Waals surface area contributed by atoms with Crippen LogP contribution in [0.5, 0.6) is 0 Å². The Kier molecular flexibility index (Phi) is 2.37. The van der Waals surface area contributed by atoms with E-state index >= 15 is 0 Å². The molecule has 0 fully saturated rings. The highest BCUT2D eigenvalue weighted by atomic mass is 19.1. The largest absolute Gasteiger partial charge is 0.337 e. The van der Waals surface area contributed by atoms with Crippen LogP contribution >= 0.6 is 0 Å². The minimum atomic E-state index is -0.499. The predicted molar refractivity (Wildman–Crippen MR) is 55.4 cm³/mol. The van der Waals surface area contributed by atoms with Gasteiger partial charge in [-0.3, -0.25) is 4.68 Å². The van der Waals surface area contributed by atoms with Gasteiger partial charge < -0.3 is 5.32 Å². The fourth-order valence-electron chi connectivity index (χ4n) is 1.34. The molecule has 0 aliphatic heterocycles. The van der Waals surface area contributed by atoms with Gasteiger partial charge in [-0.2, -0.15) is 9.49 Å². The molecule has 2 heterocycles. The Hall–Kier alpha value is -1.91. The monoisotopic (exact) mass is 206 g/mol. The molecule has 0 saturated carbocycles. The van der Waals surface area contributed by atoms with Crippen molar-refractivity contribution in [1.82, 2.24) is 14.8 Å². The van der Waals surface area contributed by atoms with E-state index in [1.165, 1.54) is 6.07 Å². The fourth-order valence-corrected chi connectivity index (χ4v) is 1.34. The summed E-state index contributed by atoms with van der Waals surface area (Å²) in [5.41, 5.74) is 1.68. The minimum Gasteiger partial charge on any atom is -0.337 e. The topological polar surface area (TPSA) is 42.7 Å². The Morgan fingerprint density at radius 1 is 1.40 bits per heavy atom. The molecule has 2 aromatic rings. The van der Waals surface area contributed by atoms with Gasteiger partial charge in [-0.05, 0) is 19.1 Å². The van der Waals surface area contributed by atoms with Gasteiger partial charge in [0.2, 0.25) is 5.95 Å². The smallest absolute Gasteiger partial charge is 0.214 e. The molecule has 0 amide bonds. The molecule has 0 aromatic carbocycles. The number of nitrogens with zero attached hydrogens (tertiary/aromatic N) is 3. The summed E-state index contributed by atoms with van der Waals surface area (Å²) in [5, 5.41) is 7.16. The number of aromatic nitrogens is 3. The van der Waals surface area contributed by atoms with Crippen molar-refractivity contribution in [2.75, 3.05) is 5.32 Å². The summed E-state index contributed by atoms with van der Waals surface area (Å²) in [6.45, 7) is 1.88. The molecule has 78 valence electrons. The van der Waals surface area contributed by atoms with Crippen LogP contribution in [0.1, 0.15) is 5.69 Å². The van der Waals surface area contributed by atoms with Crippen molar-refractivity contribution < 1.29 is 4.39 Å². The molecule has 2 aromatic heterocycles. The quantitative estimate of drug-likeness (QED) is 0.764. The number of nitrogens with one attached hydrogen (secondary N) is 1. The van der Waals surface area contributed by atoms with Crippen molar-refractivity contribution in [3.8, 4) is 0 Å². The Balaban J connectivity index is 2.25. The number of halogens is 1. The fraction of sp³-hybridized carbons (Fsp3) is 0.200. The number of hydrogen-bond donors (Lipinski definition) is 1. The SMILES string of the molecule is Cc1nn(C)cc1Nc1cccc(F)n1. The summed E-state index contributed by atoms with van der Waals surface area (Å²) < 4.78 is 14.5. The van der Waals surface area contributed by atoms with Gasteiger partial charge in [-0.15, -0.1) is 0 Å². The zero-order valence-electron chi connectivity index (χ0n) is 8.53. The average Bonchev–Trinajstić information content (AvgIpc) is 2.45. The zero-order valence-corrected chi connectivity index (χ0v) is 8.53. The molecular weight excluding hydrogens is 195 g/mol. The van der Waals surface area contributed by atoms with Crippen LogP contribution in [-0.4, -0.2) is 14.8 Å². The van der Waals surface area contributed by atoms with Crippen LogP contribution < -0.4 is 5.32 Å². The van der Waals surface area contributed by atoms with Gasteiger partial charge >= 0.3 is 0 Å². The lowest BCUT2D eigenvalue weighted by Crippen LogP contribution is -1.95. The standard InChI is InChI=1S/C10H11FN4/c1-7-8(6-15(2)14-7)12-10-5-3-4-9(11)13-10/h3-6H,1-2H3,(H,12,13). The molecular formula is C10H11FN4. The first kappa shape index (κ1) is 9.64. The van der Waals surface area contributed by atoms with Gasteiger partial charge in [0.05, 0.1) is 11.4 Å². The lowest BCUT2D eigenvalue weighted by Gasteiger charge is -2.02. The molecule has 4 nitrogen and oxygen atoms in total. The van der Waals surface area contributed by atoms with E-state index in [4.69, 9.17) is 0 Å². The Morgan fingerprint density at radius 3 is 2.80 bits per heavy atom. The summed E-state index contributed by atoms with van der Waals surface area (Å²) >= 11 is 0. The van der Waals surface area contributed by atoms with Crippen molar-refractivity contribution in [3.63, 3.8) is 0 Å². The maximum atomic E-state index is 12.8. The minimum absolute atomic E-state index is 0.478. The van der Waals surface area contributed by atoms with E-state index in [2.05, 4.69) is 15.4 Å². The van der Waals surface area contributed by atoms with Crippen molar-refractivity contribution >= 4 is 11.5 Å². The van der Waals surface area contributed by atoms with Crippen LogP contribution in [0.15, 0.2) is 24.4 Å². The number of pyridine rings is 1. The van der Waals surface area contributed by atoms with E-state index in [-0.39, 0.29) is 0 Å². The highest BCUT2D eigenvalue weighted by molar-refractivity contribution is 5.57. The Morgan fingerprint density at radius 2 is 2.20 bits per heavy atom. The molecule has 0 saturated heterocycles. The van der Waals surface area contributed by atoms with Gasteiger partial charge in [-0.25, -0.2) is 4.98 Å². The van der Waals surface area contributed by atoms with E-state index in [1.54, 1.807) is 16.8 Å². The van der Waals surface area contributed by atoms with Gasteiger partial charge in [0.15, 0.2) is 0 Å². The highest BCUT2D eigenvalue weighted by Gasteiger charge is 2.03. The predicted octanol–water partition coefficient (Wildman–Crippen LogP) is 2.01. The number of rotatable bonds is 2. The molecule has 1 N–H and O–H groups in total. The molecule has 0 unspecified atom stereocenters. The van der Waals surface area contributed by atoms with Gasteiger partial charge in [0.25, 0.3) is 0 Å². The van der Waals surface area contributed by atoms with E-state index in [9.17, 15) is 4.39 Å². The van der Waals surface area contributed by atoms with Crippen LogP contribution in [0, 0.1) is 12.9 Å². The third kappa shape index (κ3) is 2.12. The average molecular weight is 206 g/mol. The molecule has 5 heteroatoms. The number of hydrogen-bond acceptors (Lipinski definition) is 3. The van der Waals surface area contributed by atoms with Gasteiger partial charge in [0.1, 0.15) is 5.82 Å². The third-order valence-corrected chi connectivity index (χ3v) is 1.99. The Bertz CT molecular complexity index is 478. The van der Waals surface area contributed by atoms with E-state index in [0.717, 1.165) is 11.4 Å². The maximum Gasteiger partial charge on any atom is 0.214 e. The molecule has 0 bridgehead atoms. The van der Waals surface area contributed by atoms with Crippen LogP contribution in [-0.2, 0) is 7.05 Å². The lowest BCUT2D eigenvalue weighted by molar-refractivity contribution is 0.585. The highest BCUT2D eigenvalue weighted by Crippen LogP contribution is 2.17. The van der Waals surface area contributed by atoms with Crippen molar-refractivity contribution in [2.24, 2.45) is 7.05 Å². The molecule has 0 radical (unpaired) electrons. The normalized spacial score (nSPS) is 10.3. The number of anilines is 2. The van der Waals surface area contributed by atoms with Crippen LogP contribution in [0.25, 0.3) is 0 Å². The second-order valence-corrected chi connectivity index (χ2v) is 3.27. The maximum absolute atomic E-state index is 12.8. The number of aryl methyl sites for hydroxylation is 2. The van der Waals surface area contributed by atoms with Crippen molar-refractivity contribution in [2.45, 2.75) is 6.92 Å². The van der Waals surface area contributed by atoms with Gasteiger partial charge in [-0.1, -0.05) is 6.07 Å². The summed E-state index contributed by atoms with van der Waals surface area (Å²) in [6, 6.07) is 4.62. The van der Waals surface area contributed by atoms with Crippen molar-refractivity contribution in [3.05, 3.63) is 36.0 Å². The van der Waals surface area contributed by atoms with E-state index in [0.29, 0.717) is 5.82 Å². The third-order valence-electron chi connectivity index (χ3n) is 1.99. The zero-order chi connectivity index (χ0) is 10.8. The van der Waals surface area contributed by atoms with E-state index in [1.807, 2.05) is 20.2 Å². The van der Waals surface area contributed by atoms with Crippen molar-refractivity contribution in [1.29, 1.82) is 0 Å². The molecule has 0 aliphatic rings. The van der Waals surface area contributed by atoms with Crippen LogP contribution in [0.3, 0.4) is 0 Å². The molecule has 0 spiro atoms.